The van der Waals surface area contributed by atoms with Crippen LogP contribution >= 0.6 is 31.9 Å². The van der Waals surface area contributed by atoms with Crippen LogP contribution in [0, 0.1) is 0 Å². The molecule has 1 rings (SSSR count). The smallest absolute Gasteiger partial charge is 0.422 e. The Kier molecular flexibility index (Phi) is 5.62. The van der Waals surface area contributed by atoms with Crippen LogP contribution < -0.4 is 10.9 Å². The molecule has 0 aliphatic rings. The molecule has 18 heavy (non-hydrogen) atoms. The summed E-state index contributed by atoms with van der Waals surface area (Å²) in [6.07, 6.45) is -0.487. The number of hydrazine groups is 1. The largest absolute Gasteiger partial charge is 0.443 e. The van der Waals surface area contributed by atoms with Gasteiger partial charge in [0.05, 0.1) is 0 Å². The maximum Gasteiger partial charge on any atom is 0.422 e. The highest BCUT2D eigenvalue weighted by Gasteiger charge is 2.15. The number of carbonyl (C=O) groups excluding carboxylic acids is 1. The fourth-order valence-electron chi connectivity index (χ4n) is 1.17. The molecule has 1 aromatic rings. The fourth-order valence-corrected chi connectivity index (χ4v) is 1.84. The summed E-state index contributed by atoms with van der Waals surface area (Å²) in [5.74, 6) is 0. The van der Waals surface area contributed by atoms with Crippen molar-refractivity contribution >= 4 is 38.0 Å². The molecule has 0 saturated heterocycles. The van der Waals surface area contributed by atoms with Crippen molar-refractivity contribution in [1.29, 1.82) is 0 Å². The topological polar surface area (TPSA) is 50.4 Å². The van der Waals surface area contributed by atoms with Crippen LogP contribution in [-0.4, -0.2) is 11.7 Å². The van der Waals surface area contributed by atoms with Crippen LogP contribution in [0.15, 0.2) is 27.1 Å². The third kappa shape index (κ3) is 5.84. The minimum Gasteiger partial charge on any atom is -0.443 e. The molecule has 0 heterocycles. The summed E-state index contributed by atoms with van der Waals surface area (Å²) in [5.41, 5.74) is 5.84. The molecular weight excluding hydrogens is 364 g/mol. The Morgan fingerprint density at radius 1 is 1.28 bits per heavy atom. The highest BCUT2D eigenvalue weighted by Crippen LogP contribution is 2.23. The zero-order chi connectivity index (χ0) is 13.8. The zero-order valence-corrected chi connectivity index (χ0v) is 13.7. The van der Waals surface area contributed by atoms with Gasteiger partial charge in [0.15, 0.2) is 0 Å². The molecular formula is C12H16Br2N2O2. The Bertz CT molecular complexity index is 431. The second-order valence-electron chi connectivity index (χ2n) is 4.73. The lowest BCUT2D eigenvalue weighted by Gasteiger charge is -2.19. The lowest BCUT2D eigenvalue weighted by Crippen LogP contribution is -2.40. The number of benzene rings is 1. The average molecular weight is 380 g/mol. The molecule has 0 radical (unpaired) electrons. The van der Waals surface area contributed by atoms with Crippen LogP contribution in [0.25, 0.3) is 0 Å². The van der Waals surface area contributed by atoms with Crippen LogP contribution in [0.5, 0.6) is 0 Å². The van der Waals surface area contributed by atoms with E-state index in [0.717, 1.165) is 14.5 Å². The number of hydrogen-bond donors (Lipinski definition) is 2. The summed E-state index contributed by atoms with van der Waals surface area (Å²) >= 11 is 6.82. The van der Waals surface area contributed by atoms with Crippen LogP contribution in [-0.2, 0) is 11.3 Å². The van der Waals surface area contributed by atoms with Gasteiger partial charge in [0, 0.05) is 15.5 Å². The average Bonchev–Trinajstić information content (AvgIpc) is 2.20. The van der Waals surface area contributed by atoms with Gasteiger partial charge in [0.1, 0.15) is 5.60 Å². The molecule has 4 nitrogen and oxygen atoms in total. The van der Waals surface area contributed by atoms with Crippen LogP contribution in [0.3, 0.4) is 0 Å². The van der Waals surface area contributed by atoms with Crippen molar-refractivity contribution in [2.24, 2.45) is 0 Å². The highest BCUT2D eigenvalue weighted by molar-refractivity contribution is 9.13. The number of amides is 1. The number of hydrogen-bond acceptors (Lipinski definition) is 3. The van der Waals surface area contributed by atoms with Gasteiger partial charge >= 0.3 is 6.09 Å². The van der Waals surface area contributed by atoms with Gasteiger partial charge < -0.3 is 4.74 Å². The second kappa shape index (κ2) is 6.54. The van der Waals surface area contributed by atoms with E-state index in [0.29, 0.717) is 6.54 Å². The SMILES string of the molecule is CC(C)(C)OC(=O)NNCc1ccc(Br)c(Br)c1. The van der Waals surface area contributed by atoms with Crippen molar-refractivity contribution in [3.05, 3.63) is 32.7 Å². The number of nitrogens with one attached hydrogen (secondary N) is 2. The molecule has 6 heteroatoms. The van der Waals surface area contributed by atoms with E-state index in [1.54, 1.807) is 0 Å². The van der Waals surface area contributed by atoms with Gasteiger partial charge in [-0.25, -0.2) is 10.2 Å². The maximum absolute atomic E-state index is 11.4. The first-order valence-electron chi connectivity index (χ1n) is 5.44. The van der Waals surface area contributed by atoms with Crippen molar-refractivity contribution in [2.45, 2.75) is 32.9 Å². The molecule has 2 N–H and O–H groups in total. The molecule has 0 unspecified atom stereocenters. The summed E-state index contributed by atoms with van der Waals surface area (Å²) in [6, 6.07) is 5.86. The normalized spacial score (nSPS) is 11.2. The predicted octanol–water partition coefficient (Wildman–Crippen LogP) is 3.74. The molecule has 0 aliphatic heterocycles. The quantitative estimate of drug-likeness (QED) is 0.786. The van der Waals surface area contributed by atoms with Crippen molar-refractivity contribution in [3.63, 3.8) is 0 Å². The van der Waals surface area contributed by atoms with E-state index in [1.165, 1.54) is 0 Å². The molecule has 1 amide bonds. The summed E-state index contributed by atoms with van der Waals surface area (Å²) in [5, 5.41) is 0. The maximum atomic E-state index is 11.4. The van der Waals surface area contributed by atoms with Crippen molar-refractivity contribution in [2.75, 3.05) is 0 Å². The Labute approximate surface area is 124 Å². The summed E-state index contributed by atoms with van der Waals surface area (Å²) in [7, 11) is 0. The predicted molar refractivity (Wildman–Crippen MR) is 78.1 cm³/mol. The third-order valence-corrected chi connectivity index (χ3v) is 3.75. The monoisotopic (exact) mass is 378 g/mol. The minimum atomic E-state index is -0.494. The van der Waals surface area contributed by atoms with E-state index in [1.807, 2.05) is 39.0 Å². The molecule has 0 saturated carbocycles. The van der Waals surface area contributed by atoms with E-state index < -0.39 is 11.7 Å². The van der Waals surface area contributed by atoms with E-state index in [-0.39, 0.29) is 0 Å². The van der Waals surface area contributed by atoms with Crippen molar-refractivity contribution < 1.29 is 9.53 Å². The van der Waals surface area contributed by atoms with E-state index in [9.17, 15) is 4.79 Å². The number of halogens is 2. The Morgan fingerprint density at radius 2 is 1.94 bits per heavy atom. The van der Waals surface area contributed by atoms with Gasteiger partial charge in [0.25, 0.3) is 0 Å². The van der Waals surface area contributed by atoms with Gasteiger partial charge in [-0.2, -0.15) is 0 Å². The first-order valence-corrected chi connectivity index (χ1v) is 7.02. The fraction of sp³-hybridized carbons (Fsp3) is 0.417. The molecule has 0 aromatic heterocycles. The van der Waals surface area contributed by atoms with E-state index in [4.69, 9.17) is 4.74 Å². The molecule has 0 aliphatic carbocycles. The molecule has 0 bridgehead atoms. The number of ether oxygens (including phenoxy) is 1. The van der Waals surface area contributed by atoms with Gasteiger partial charge in [-0.15, -0.1) is 0 Å². The van der Waals surface area contributed by atoms with Crippen LogP contribution in [0.4, 0.5) is 4.79 Å². The first-order chi connectivity index (χ1) is 8.28. The highest BCUT2D eigenvalue weighted by atomic mass is 79.9. The molecule has 0 fully saturated rings. The van der Waals surface area contributed by atoms with Gasteiger partial charge in [-0.1, -0.05) is 6.07 Å². The standard InChI is InChI=1S/C12H16Br2N2O2/c1-12(2,3)18-11(17)16-15-7-8-4-5-9(13)10(14)6-8/h4-6,15H,7H2,1-3H3,(H,16,17). The Morgan fingerprint density at radius 3 is 2.50 bits per heavy atom. The molecule has 1 aromatic carbocycles. The van der Waals surface area contributed by atoms with Crippen LogP contribution in [0.1, 0.15) is 26.3 Å². The van der Waals surface area contributed by atoms with Crippen molar-refractivity contribution in [3.8, 4) is 0 Å². The zero-order valence-electron chi connectivity index (χ0n) is 10.5. The van der Waals surface area contributed by atoms with Gasteiger partial charge in [-0.3, -0.25) is 5.43 Å². The summed E-state index contributed by atoms with van der Waals surface area (Å²) in [4.78, 5) is 11.4. The van der Waals surface area contributed by atoms with E-state index in [2.05, 4.69) is 42.7 Å². The lowest BCUT2D eigenvalue weighted by atomic mass is 10.2. The molecule has 100 valence electrons. The first kappa shape index (κ1) is 15.5. The Hall–Kier alpha value is -0.590. The van der Waals surface area contributed by atoms with Crippen molar-refractivity contribution in [1.82, 2.24) is 10.9 Å². The summed E-state index contributed by atoms with van der Waals surface area (Å²) in [6.45, 7) is 5.97. The van der Waals surface area contributed by atoms with Crippen LogP contribution in [0.2, 0.25) is 0 Å². The molecule has 0 spiro atoms. The third-order valence-electron chi connectivity index (χ3n) is 1.87. The minimum absolute atomic E-state index is 0.487. The number of rotatable bonds is 3. The van der Waals surface area contributed by atoms with E-state index >= 15 is 0 Å². The summed E-state index contributed by atoms with van der Waals surface area (Å²) < 4.78 is 7.05. The molecule has 0 atom stereocenters. The second-order valence-corrected chi connectivity index (χ2v) is 6.44. The van der Waals surface area contributed by atoms with Gasteiger partial charge in [0.2, 0.25) is 0 Å². The number of carbonyl (C=O) groups is 1. The Balaban J connectivity index is 2.38. The lowest BCUT2D eigenvalue weighted by molar-refractivity contribution is 0.0497. The van der Waals surface area contributed by atoms with Gasteiger partial charge in [-0.05, 0) is 70.3 Å².